The van der Waals surface area contributed by atoms with Gasteiger partial charge in [0.15, 0.2) is 5.82 Å². The summed E-state index contributed by atoms with van der Waals surface area (Å²) in [6.45, 7) is 0.821. The summed E-state index contributed by atoms with van der Waals surface area (Å²) in [7, 11) is 0. The zero-order chi connectivity index (χ0) is 13.5. The van der Waals surface area contributed by atoms with E-state index in [1.807, 2.05) is 35.3 Å². The molecule has 0 atom stereocenters. The van der Waals surface area contributed by atoms with Crippen LogP contribution in [-0.4, -0.2) is 25.2 Å². The SMILES string of the molecule is Ic1cnn(-c2nc3ccccn3c2CNC2CC2)c1. The molecule has 0 radical (unpaired) electrons. The van der Waals surface area contributed by atoms with Gasteiger partial charge < -0.3 is 9.72 Å². The minimum Gasteiger partial charge on any atom is -0.308 e. The van der Waals surface area contributed by atoms with Crippen molar-refractivity contribution in [3.05, 3.63) is 46.1 Å². The molecule has 5 nitrogen and oxygen atoms in total. The summed E-state index contributed by atoms with van der Waals surface area (Å²) < 4.78 is 5.11. The number of imidazole rings is 1. The smallest absolute Gasteiger partial charge is 0.176 e. The number of rotatable bonds is 4. The molecule has 0 aliphatic heterocycles. The highest BCUT2D eigenvalue weighted by Gasteiger charge is 2.22. The quantitative estimate of drug-likeness (QED) is 0.709. The largest absolute Gasteiger partial charge is 0.308 e. The lowest BCUT2D eigenvalue weighted by atomic mass is 10.4. The highest BCUT2D eigenvalue weighted by molar-refractivity contribution is 14.1. The normalized spacial score (nSPS) is 15.1. The average molecular weight is 379 g/mol. The second-order valence-corrected chi connectivity index (χ2v) is 6.31. The van der Waals surface area contributed by atoms with Crippen LogP contribution in [0.5, 0.6) is 0 Å². The summed E-state index contributed by atoms with van der Waals surface area (Å²) in [6, 6.07) is 6.75. The Kier molecular flexibility index (Phi) is 2.99. The number of hydrogen-bond acceptors (Lipinski definition) is 3. The molecule has 0 amide bonds. The number of nitrogens with one attached hydrogen (secondary N) is 1. The minimum absolute atomic E-state index is 0.676. The van der Waals surface area contributed by atoms with Gasteiger partial charge in [-0.15, -0.1) is 0 Å². The summed E-state index contributed by atoms with van der Waals surface area (Å²) >= 11 is 2.27. The number of halogens is 1. The van der Waals surface area contributed by atoms with E-state index in [0.717, 1.165) is 27.3 Å². The van der Waals surface area contributed by atoms with Crippen LogP contribution in [-0.2, 0) is 6.54 Å². The summed E-state index contributed by atoms with van der Waals surface area (Å²) in [5, 5.41) is 7.95. The number of aromatic nitrogens is 4. The molecule has 0 unspecified atom stereocenters. The van der Waals surface area contributed by atoms with Gasteiger partial charge in [0.2, 0.25) is 0 Å². The molecular formula is C14H14IN5. The maximum atomic E-state index is 4.71. The van der Waals surface area contributed by atoms with E-state index in [1.165, 1.54) is 12.8 Å². The molecule has 0 bridgehead atoms. The van der Waals surface area contributed by atoms with Crippen molar-refractivity contribution in [1.82, 2.24) is 24.5 Å². The first-order valence-corrected chi connectivity index (χ1v) is 7.79. The van der Waals surface area contributed by atoms with E-state index in [-0.39, 0.29) is 0 Å². The monoisotopic (exact) mass is 379 g/mol. The Hall–Kier alpha value is -1.41. The van der Waals surface area contributed by atoms with Crippen molar-refractivity contribution in [2.75, 3.05) is 0 Å². The Labute approximate surface area is 130 Å². The molecule has 4 rings (SSSR count). The Morgan fingerprint density at radius 1 is 1.35 bits per heavy atom. The van der Waals surface area contributed by atoms with Crippen LogP contribution in [0, 0.1) is 3.57 Å². The predicted molar refractivity (Wildman–Crippen MR) is 84.9 cm³/mol. The fraction of sp³-hybridized carbons (Fsp3) is 0.286. The Morgan fingerprint density at radius 2 is 2.25 bits per heavy atom. The van der Waals surface area contributed by atoms with Gasteiger partial charge in [0, 0.05) is 25.0 Å². The standard InChI is InChI=1S/C14H14IN5/c15-10-7-17-20(9-10)14-12(8-16-11-4-5-11)19-6-2-1-3-13(19)18-14/h1-3,6-7,9,11,16H,4-5,8H2. The van der Waals surface area contributed by atoms with Gasteiger partial charge >= 0.3 is 0 Å². The number of nitrogens with zero attached hydrogens (tertiary/aromatic N) is 4. The lowest BCUT2D eigenvalue weighted by molar-refractivity contribution is 0.662. The molecule has 1 N–H and O–H groups in total. The maximum Gasteiger partial charge on any atom is 0.176 e. The van der Waals surface area contributed by atoms with Crippen LogP contribution in [0.3, 0.4) is 0 Å². The molecule has 3 aromatic rings. The second-order valence-electron chi connectivity index (χ2n) is 5.07. The van der Waals surface area contributed by atoms with Gasteiger partial charge in [0.1, 0.15) is 5.65 Å². The van der Waals surface area contributed by atoms with E-state index in [1.54, 1.807) is 0 Å². The molecule has 3 heterocycles. The Balaban J connectivity index is 1.82. The van der Waals surface area contributed by atoms with E-state index >= 15 is 0 Å². The molecule has 3 aromatic heterocycles. The highest BCUT2D eigenvalue weighted by Crippen LogP contribution is 2.22. The van der Waals surface area contributed by atoms with Gasteiger partial charge in [0.05, 0.1) is 15.5 Å². The van der Waals surface area contributed by atoms with Crippen LogP contribution in [0.2, 0.25) is 0 Å². The zero-order valence-corrected chi connectivity index (χ0v) is 13.0. The molecule has 0 spiro atoms. The van der Waals surface area contributed by atoms with Crippen LogP contribution in [0.1, 0.15) is 18.5 Å². The van der Waals surface area contributed by atoms with Crippen molar-refractivity contribution in [2.45, 2.75) is 25.4 Å². The molecule has 1 saturated carbocycles. The first kappa shape index (κ1) is 12.3. The maximum absolute atomic E-state index is 4.71. The zero-order valence-electron chi connectivity index (χ0n) is 10.8. The van der Waals surface area contributed by atoms with Crippen LogP contribution < -0.4 is 5.32 Å². The molecule has 1 fully saturated rings. The van der Waals surface area contributed by atoms with Crippen molar-refractivity contribution >= 4 is 28.2 Å². The van der Waals surface area contributed by atoms with Crippen LogP contribution in [0.15, 0.2) is 36.8 Å². The van der Waals surface area contributed by atoms with Gasteiger partial charge in [-0.3, -0.25) is 0 Å². The van der Waals surface area contributed by atoms with E-state index in [0.29, 0.717) is 6.04 Å². The lowest BCUT2D eigenvalue weighted by Crippen LogP contribution is -2.18. The molecule has 1 aliphatic carbocycles. The third-order valence-electron chi connectivity index (χ3n) is 3.51. The molecule has 0 saturated heterocycles. The highest BCUT2D eigenvalue weighted by atomic mass is 127. The van der Waals surface area contributed by atoms with Crippen molar-refractivity contribution in [1.29, 1.82) is 0 Å². The fourth-order valence-corrected chi connectivity index (χ4v) is 2.72. The van der Waals surface area contributed by atoms with Crippen LogP contribution in [0.25, 0.3) is 11.5 Å². The predicted octanol–water partition coefficient (Wildman–Crippen LogP) is 2.38. The number of fused-ring (bicyclic) bond motifs is 1. The van der Waals surface area contributed by atoms with Crippen molar-refractivity contribution in [2.24, 2.45) is 0 Å². The van der Waals surface area contributed by atoms with Gasteiger partial charge in [-0.25, -0.2) is 9.67 Å². The van der Waals surface area contributed by atoms with E-state index in [9.17, 15) is 0 Å². The van der Waals surface area contributed by atoms with Gasteiger partial charge in [-0.1, -0.05) is 6.07 Å². The summed E-state index contributed by atoms with van der Waals surface area (Å²) in [6.07, 6.45) is 8.48. The second kappa shape index (κ2) is 4.85. The van der Waals surface area contributed by atoms with Crippen molar-refractivity contribution in [3.63, 3.8) is 0 Å². The van der Waals surface area contributed by atoms with Gasteiger partial charge in [0.25, 0.3) is 0 Å². The molecule has 0 aromatic carbocycles. The molecule has 20 heavy (non-hydrogen) atoms. The summed E-state index contributed by atoms with van der Waals surface area (Å²) in [5.41, 5.74) is 2.12. The van der Waals surface area contributed by atoms with E-state index < -0.39 is 0 Å². The Bertz CT molecular complexity index is 756. The van der Waals surface area contributed by atoms with Gasteiger partial charge in [-0.2, -0.15) is 5.10 Å². The number of hydrogen-bond donors (Lipinski definition) is 1. The van der Waals surface area contributed by atoms with E-state index in [2.05, 4.69) is 43.6 Å². The average Bonchev–Trinajstić information content (AvgIpc) is 3.07. The third kappa shape index (κ3) is 2.22. The van der Waals surface area contributed by atoms with Crippen molar-refractivity contribution in [3.8, 4) is 5.82 Å². The number of pyridine rings is 1. The summed E-state index contributed by atoms with van der Waals surface area (Å²) in [5.74, 6) is 0.910. The molecule has 1 aliphatic rings. The molecule has 6 heteroatoms. The topological polar surface area (TPSA) is 47.2 Å². The lowest BCUT2D eigenvalue weighted by Gasteiger charge is -2.06. The Morgan fingerprint density at radius 3 is 3.00 bits per heavy atom. The van der Waals surface area contributed by atoms with Crippen molar-refractivity contribution < 1.29 is 0 Å². The molecular weight excluding hydrogens is 365 g/mol. The first-order chi connectivity index (χ1) is 9.81. The fourth-order valence-electron chi connectivity index (χ4n) is 2.33. The van der Waals surface area contributed by atoms with Crippen LogP contribution >= 0.6 is 22.6 Å². The third-order valence-corrected chi connectivity index (χ3v) is 4.07. The van der Waals surface area contributed by atoms with Crippen LogP contribution in [0.4, 0.5) is 0 Å². The van der Waals surface area contributed by atoms with Gasteiger partial charge in [-0.05, 0) is 47.6 Å². The van der Waals surface area contributed by atoms with E-state index in [4.69, 9.17) is 4.98 Å². The summed E-state index contributed by atoms with van der Waals surface area (Å²) in [4.78, 5) is 4.71. The minimum atomic E-state index is 0.676. The molecule has 102 valence electrons. The first-order valence-electron chi connectivity index (χ1n) is 6.71.